The summed E-state index contributed by atoms with van der Waals surface area (Å²) in [6.07, 6.45) is 1.05. The summed E-state index contributed by atoms with van der Waals surface area (Å²) >= 11 is 0. The monoisotopic (exact) mass is 387 g/mol. The predicted molar refractivity (Wildman–Crippen MR) is 107 cm³/mol. The molecule has 1 amide bonds. The van der Waals surface area contributed by atoms with E-state index in [-0.39, 0.29) is 5.56 Å². The molecular weight excluding hydrogens is 362 g/mol. The number of hydrogen-bond acceptors (Lipinski definition) is 4. The fourth-order valence-electron chi connectivity index (χ4n) is 2.53. The molecule has 0 bridgehead atoms. The summed E-state index contributed by atoms with van der Waals surface area (Å²) in [6, 6.07) is 14.2. The van der Waals surface area contributed by atoms with Gasteiger partial charge in [0.05, 0.1) is 21.3 Å². The molecule has 2 rings (SSSR count). The lowest BCUT2D eigenvalue weighted by molar-refractivity contribution is -0.119. The highest BCUT2D eigenvalue weighted by molar-refractivity contribution is 7.85. The van der Waals surface area contributed by atoms with E-state index in [2.05, 4.69) is 19.2 Å². The smallest absolute Gasteiger partial charge is 0.339 e. The van der Waals surface area contributed by atoms with Gasteiger partial charge in [-0.05, 0) is 42.2 Å². The second-order valence-corrected chi connectivity index (χ2v) is 7.89. The van der Waals surface area contributed by atoms with Crippen LogP contribution in [0, 0.1) is 0 Å². The number of carbonyl (C=O) groups is 2. The predicted octanol–water partition coefficient (Wildman–Crippen LogP) is 4.12. The molecule has 0 aliphatic carbocycles. The number of esters is 1. The van der Waals surface area contributed by atoms with Crippen LogP contribution in [0.3, 0.4) is 0 Å². The van der Waals surface area contributed by atoms with Gasteiger partial charge in [-0.25, -0.2) is 4.79 Å². The van der Waals surface area contributed by atoms with Gasteiger partial charge in [-0.15, -0.1) is 0 Å². The van der Waals surface area contributed by atoms with Crippen LogP contribution >= 0.6 is 0 Å². The molecule has 0 heterocycles. The number of benzene rings is 2. The maximum atomic E-state index is 12.3. The normalized spacial score (nSPS) is 12.9. The fraction of sp³-hybridized carbons (Fsp3) is 0.333. The van der Waals surface area contributed by atoms with E-state index in [1.54, 1.807) is 31.2 Å². The highest BCUT2D eigenvalue weighted by Gasteiger charge is 2.17. The molecular formula is C21H25NO4S. The van der Waals surface area contributed by atoms with E-state index in [1.165, 1.54) is 5.56 Å². The summed E-state index contributed by atoms with van der Waals surface area (Å²) in [5, 5.41) is 2.71. The van der Waals surface area contributed by atoms with Crippen LogP contribution in [0.4, 0.5) is 5.69 Å². The van der Waals surface area contributed by atoms with Gasteiger partial charge in [0.1, 0.15) is 0 Å². The summed E-state index contributed by atoms with van der Waals surface area (Å²) < 4.78 is 17.1. The van der Waals surface area contributed by atoms with Crippen molar-refractivity contribution in [3.8, 4) is 0 Å². The minimum atomic E-state index is -1.28. The van der Waals surface area contributed by atoms with Gasteiger partial charge in [0, 0.05) is 11.4 Å². The zero-order valence-corrected chi connectivity index (χ0v) is 16.7. The van der Waals surface area contributed by atoms with Crippen LogP contribution in [0.15, 0.2) is 53.4 Å². The van der Waals surface area contributed by atoms with Gasteiger partial charge in [0.15, 0.2) is 6.61 Å². The van der Waals surface area contributed by atoms with Crippen LogP contribution in [-0.2, 0) is 20.3 Å². The molecule has 2 aromatic rings. The number of nitrogens with one attached hydrogen (secondary N) is 1. The quantitative estimate of drug-likeness (QED) is 0.692. The number of hydrogen-bond donors (Lipinski definition) is 1. The highest BCUT2D eigenvalue weighted by atomic mass is 32.2. The molecule has 0 saturated carbocycles. The van der Waals surface area contributed by atoms with Crippen molar-refractivity contribution >= 4 is 28.4 Å². The van der Waals surface area contributed by atoms with Gasteiger partial charge < -0.3 is 10.1 Å². The lowest BCUT2D eigenvalue weighted by Gasteiger charge is -2.11. The Morgan fingerprint density at radius 1 is 1.07 bits per heavy atom. The molecule has 0 saturated heterocycles. The van der Waals surface area contributed by atoms with Crippen LogP contribution in [0.25, 0.3) is 0 Å². The average Bonchev–Trinajstić information content (AvgIpc) is 2.71. The zero-order chi connectivity index (χ0) is 19.8. The minimum absolute atomic E-state index is 0.225. The Balaban J connectivity index is 1.94. The van der Waals surface area contributed by atoms with Gasteiger partial charge >= 0.3 is 5.97 Å². The van der Waals surface area contributed by atoms with Crippen LogP contribution in [0.2, 0.25) is 0 Å². The van der Waals surface area contributed by atoms with Crippen molar-refractivity contribution in [3.05, 3.63) is 59.7 Å². The average molecular weight is 388 g/mol. The molecule has 0 radical (unpaired) electrons. The molecule has 0 spiro atoms. The first-order chi connectivity index (χ1) is 13.0. The summed E-state index contributed by atoms with van der Waals surface area (Å²) in [6.45, 7) is 5.65. The molecule has 1 N–H and O–H groups in total. The summed E-state index contributed by atoms with van der Waals surface area (Å²) in [5.41, 5.74) is 2.08. The maximum absolute atomic E-state index is 12.3. The van der Waals surface area contributed by atoms with E-state index in [0.717, 1.165) is 6.42 Å². The highest BCUT2D eigenvalue weighted by Crippen LogP contribution is 2.20. The second-order valence-electron chi connectivity index (χ2n) is 6.19. The number of rotatable bonds is 8. The van der Waals surface area contributed by atoms with Gasteiger partial charge in [-0.1, -0.05) is 45.0 Å². The third-order valence-electron chi connectivity index (χ3n) is 4.32. The van der Waals surface area contributed by atoms with Crippen molar-refractivity contribution in [1.82, 2.24) is 0 Å². The van der Waals surface area contributed by atoms with Crippen molar-refractivity contribution in [3.63, 3.8) is 0 Å². The van der Waals surface area contributed by atoms with E-state index in [1.807, 2.05) is 24.3 Å². The van der Waals surface area contributed by atoms with Crippen molar-refractivity contribution in [2.24, 2.45) is 0 Å². The molecule has 0 unspecified atom stereocenters. The van der Waals surface area contributed by atoms with Crippen LogP contribution < -0.4 is 5.32 Å². The van der Waals surface area contributed by atoms with Gasteiger partial charge in [0.25, 0.3) is 5.91 Å². The Kier molecular flexibility index (Phi) is 7.73. The summed E-state index contributed by atoms with van der Waals surface area (Å²) in [5.74, 6) is -0.218. The summed E-state index contributed by atoms with van der Waals surface area (Å²) in [4.78, 5) is 24.7. The first-order valence-electron chi connectivity index (χ1n) is 9.00. The number of ether oxygens (including phenoxy) is 1. The van der Waals surface area contributed by atoms with Gasteiger partial charge in [-0.2, -0.15) is 0 Å². The van der Waals surface area contributed by atoms with Crippen molar-refractivity contribution in [1.29, 1.82) is 0 Å². The fourth-order valence-corrected chi connectivity index (χ4v) is 3.46. The molecule has 5 nitrogen and oxygen atoms in total. The first kappa shape index (κ1) is 20.8. The lowest BCUT2D eigenvalue weighted by Crippen LogP contribution is -2.21. The van der Waals surface area contributed by atoms with E-state index < -0.39 is 29.3 Å². The molecule has 144 valence electrons. The zero-order valence-electron chi connectivity index (χ0n) is 15.9. The van der Waals surface area contributed by atoms with E-state index in [0.29, 0.717) is 22.3 Å². The molecule has 0 aliphatic heterocycles. The Morgan fingerprint density at radius 3 is 2.37 bits per heavy atom. The van der Waals surface area contributed by atoms with Crippen LogP contribution in [0.1, 0.15) is 49.0 Å². The van der Waals surface area contributed by atoms with E-state index >= 15 is 0 Å². The third-order valence-corrected chi connectivity index (χ3v) is 5.70. The largest absolute Gasteiger partial charge is 0.452 e. The molecule has 0 aliphatic rings. The van der Waals surface area contributed by atoms with E-state index in [9.17, 15) is 13.8 Å². The van der Waals surface area contributed by atoms with Crippen LogP contribution in [-0.4, -0.2) is 28.4 Å². The topological polar surface area (TPSA) is 72.5 Å². The number of amides is 1. The molecule has 2 atom stereocenters. The molecule has 0 aromatic heterocycles. The number of anilines is 1. The van der Waals surface area contributed by atoms with E-state index in [4.69, 9.17) is 4.74 Å². The molecule has 6 heteroatoms. The Hall–Kier alpha value is -2.47. The lowest BCUT2D eigenvalue weighted by atomic mass is 9.99. The van der Waals surface area contributed by atoms with Crippen molar-refractivity contribution < 1.29 is 18.5 Å². The second kappa shape index (κ2) is 10.0. The third kappa shape index (κ3) is 5.76. The minimum Gasteiger partial charge on any atom is -0.452 e. The van der Waals surface area contributed by atoms with Gasteiger partial charge in [-0.3, -0.25) is 9.00 Å². The maximum Gasteiger partial charge on any atom is 0.339 e. The van der Waals surface area contributed by atoms with Crippen LogP contribution in [0.5, 0.6) is 0 Å². The van der Waals surface area contributed by atoms with Crippen molar-refractivity contribution in [2.45, 2.75) is 38.0 Å². The van der Waals surface area contributed by atoms with Crippen molar-refractivity contribution in [2.75, 3.05) is 17.7 Å². The first-order valence-corrected chi connectivity index (χ1v) is 10.3. The standard InChI is InChI=1S/C21H25NO4S/c1-4-15(3)16-10-12-17(13-11-16)22-20(23)14-26-21(24)18-8-6-7-9-19(18)27(25)5-2/h6-13,15H,4-5,14H2,1-3H3,(H,22,23)/t15-,27-/m1/s1. The Labute approximate surface area is 162 Å². The summed E-state index contributed by atoms with van der Waals surface area (Å²) in [7, 11) is -1.28. The molecule has 27 heavy (non-hydrogen) atoms. The Morgan fingerprint density at radius 2 is 1.74 bits per heavy atom. The molecule has 2 aromatic carbocycles. The Bertz CT molecular complexity index is 817. The SMILES string of the molecule is CC[C@@H](C)c1ccc(NC(=O)COC(=O)c2ccccc2[S@](=O)CC)cc1. The van der Waals surface area contributed by atoms with Gasteiger partial charge in [0.2, 0.25) is 0 Å². The number of carbonyl (C=O) groups excluding carboxylic acids is 2. The molecule has 0 fully saturated rings.